The maximum atomic E-state index is 14.1. The molecule has 1 saturated carbocycles. The van der Waals surface area contributed by atoms with Crippen LogP contribution in [0.25, 0.3) is 0 Å². The maximum absolute atomic E-state index is 14.1. The second kappa shape index (κ2) is 12.8. The van der Waals surface area contributed by atoms with Gasteiger partial charge in [0, 0.05) is 11.1 Å². The molecule has 3 amide bonds. The van der Waals surface area contributed by atoms with E-state index in [1.807, 2.05) is 0 Å². The molecular formula is C32H18Cl8N2O7. The quantitative estimate of drug-likeness (QED) is 0.0747. The highest BCUT2D eigenvalue weighted by Crippen LogP contribution is 2.77. The van der Waals surface area contributed by atoms with E-state index in [0.29, 0.717) is 15.8 Å². The van der Waals surface area contributed by atoms with Crippen LogP contribution in [0.4, 0.5) is 0 Å². The molecule has 2 aliphatic carbocycles. The van der Waals surface area contributed by atoms with E-state index in [4.69, 9.17) is 102 Å². The molecule has 9 nitrogen and oxygen atoms in total. The first-order valence-corrected chi connectivity index (χ1v) is 17.0. The van der Waals surface area contributed by atoms with Crippen LogP contribution < -0.4 is 9.47 Å². The van der Waals surface area contributed by atoms with Gasteiger partial charge in [0.1, 0.15) is 27.8 Å². The molecule has 49 heavy (non-hydrogen) atoms. The molecule has 1 heterocycles. The molecule has 0 unspecified atom stereocenters. The highest BCUT2D eigenvalue weighted by atomic mass is 35.5. The van der Waals surface area contributed by atoms with Gasteiger partial charge in [-0.25, -0.2) is 9.80 Å². The number of hydrogen-bond acceptors (Lipinski definition) is 7. The van der Waals surface area contributed by atoms with E-state index >= 15 is 0 Å². The van der Waals surface area contributed by atoms with Crippen molar-refractivity contribution < 1.29 is 33.4 Å². The van der Waals surface area contributed by atoms with Gasteiger partial charge in [-0.2, -0.15) is 5.01 Å². The van der Waals surface area contributed by atoms with E-state index in [2.05, 4.69) is 0 Å². The van der Waals surface area contributed by atoms with Crippen LogP contribution in [0.5, 0.6) is 11.5 Å². The number of hydrazine groups is 1. The van der Waals surface area contributed by atoms with E-state index in [1.165, 1.54) is 55.6 Å². The van der Waals surface area contributed by atoms with Crippen LogP contribution in [0.1, 0.15) is 31.1 Å². The van der Waals surface area contributed by atoms with Crippen molar-refractivity contribution in [3.63, 3.8) is 0 Å². The summed E-state index contributed by atoms with van der Waals surface area (Å²) in [4.78, 5) is 64.2. The van der Waals surface area contributed by atoms with E-state index in [1.54, 1.807) is 18.2 Å². The first-order chi connectivity index (χ1) is 23.0. The van der Waals surface area contributed by atoms with Crippen LogP contribution in [-0.4, -0.2) is 67.2 Å². The number of ketones is 1. The van der Waals surface area contributed by atoms with Gasteiger partial charge in [-0.15, -0.1) is 23.2 Å². The van der Waals surface area contributed by atoms with Crippen LogP contribution in [0, 0.1) is 11.8 Å². The fourth-order valence-electron chi connectivity index (χ4n) is 6.08. The third-order valence-corrected chi connectivity index (χ3v) is 13.5. The second-order valence-electron chi connectivity index (χ2n) is 11.1. The summed E-state index contributed by atoms with van der Waals surface area (Å²) in [6.07, 6.45) is 0. The van der Waals surface area contributed by atoms with Crippen LogP contribution >= 0.6 is 92.8 Å². The number of amides is 3. The van der Waals surface area contributed by atoms with E-state index < -0.39 is 61.9 Å². The number of nitrogens with zero attached hydrogens (tertiary/aromatic N) is 2. The first kappa shape index (κ1) is 36.1. The Balaban J connectivity index is 1.31. The van der Waals surface area contributed by atoms with Crippen molar-refractivity contribution in [2.45, 2.75) is 14.1 Å². The van der Waals surface area contributed by atoms with Crippen molar-refractivity contribution >= 4 is 122 Å². The van der Waals surface area contributed by atoms with Gasteiger partial charge in [-0.3, -0.25) is 19.2 Å². The summed E-state index contributed by atoms with van der Waals surface area (Å²) in [5.41, 5.74) is 0.135. The Morgan fingerprint density at radius 3 is 1.86 bits per heavy atom. The van der Waals surface area contributed by atoms with Gasteiger partial charge >= 0.3 is 5.97 Å². The van der Waals surface area contributed by atoms with Crippen molar-refractivity contribution in [1.82, 2.24) is 10.0 Å². The Kier molecular flexibility index (Phi) is 9.42. The smallest absolute Gasteiger partial charge is 0.343 e. The van der Waals surface area contributed by atoms with E-state index in [-0.39, 0.29) is 42.5 Å². The second-order valence-corrected chi connectivity index (χ2v) is 15.2. The van der Waals surface area contributed by atoms with Crippen LogP contribution in [0.2, 0.25) is 10.0 Å². The van der Waals surface area contributed by atoms with Crippen LogP contribution in [-0.2, 0) is 9.59 Å². The molecule has 6 rings (SSSR count). The lowest BCUT2D eigenvalue weighted by atomic mass is 9.84. The molecule has 4 atom stereocenters. The van der Waals surface area contributed by atoms with Gasteiger partial charge in [-0.05, 0) is 60.7 Å². The Morgan fingerprint density at radius 1 is 0.735 bits per heavy atom. The maximum Gasteiger partial charge on any atom is 0.343 e. The number of halogens is 8. The minimum atomic E-state index is -2.21. The molecule has 2 bridgehead atoms. The number of esters is 1. The number of Topliss-reactive ketones (excluding diaryl/α,β-unsaturated/α-hetero) is 1. The number of benzene rings is 3. The largest absolute Gasteiger partial charge is 0.497 e. The summed E-state index contributed by atoms with van der Waals surface area (Å²) in [5, 5.41) is 0.559. The Morgan fingerprint density at radius 2 is 1.31 bits per heavy atom. The Bertz CT molecular complexity index is 1960. The molecule has 1 aliphatic heterocycles. The third kappa shape index (κ3) is 5.32. The molecular weight excluding hydrogens is 808 g/mol. The predicted octanol–water partition coefficient (Wildman–Crippen LogP) is 7.91. The Labute approximate surface area is 318 Å². The van der Waals surface area contributed by atoms with Gasteiger partial charge in [-0.1, -0.05) is 75.7 Å². The van der Waals surface area contributed by atoms with E-state index in [0.717, 1.165) is 0 Å². The minimum absolute atomic E-state index is 0.0110. The SMILES string of the molecule is COc1cccc(C(=O)Oc2ccc(C(=O)CN(C(=O)c3ccc(Cl)c(Cl)c3)N3C(=O)[C@H]4[C@H](C3=O)[C@@]3(Cl)C(Cl)=C(Cl)[C@@]4(Cl)C3(Cl)Cl)cc2)c1. The summed E-state index contributed by atoms with van der Waals surface area (Å²) in [6.45, 7) is -0.842. The fraction of sp³-hybridized carbons (Fsp3) is 0.219. The van der Waals surface area contributed by atoms with Gasteiger partial charge in [0.2, 0.25) is 0 Å². The van der Waals surface area contributed by atoms with Gasteiger partial charge in [0.25, 0.3) is 17.7 Å². The summed E-state index contributed by atoms with van der Waals surface area (Å²) >= 11 is 51.8. The molecule has 3 aliphatic rings. The predicted molar refractivity (Wildman–Crippen MR) is 185 cm³/mol. The van der Waals surface area contributed by atoms with Gasteiger partial charge in [0.05, 0.1) is 44.6 Å². The summed E-state index contributed by atoms with van der Waals surface area (Å²) in [7, 11) is 1.46. The van der Waals surface area contributed by atoms with Crippen molar-refractivity contribution in [3.05, 3.63) is 104 Å². The number of carbonyl (C=O) groups excluding carboxylic acids is 5. The number of carbonyl (C=O) groups is 5. The van der Waals surface area contributed by atoms with Crippen LogP contribution in [0.15, 0.2) is 76.8 Å². The molecule has 254 valence electrons. The third-order valence-electron chi connectivity index (χ3n) is 8.51. The molecule has 3 aromatic rings. The van der Waals surface area contributed by atoms with Gasteiger partial charge in [0.15, 0.2) is 10.1 Å². The molecule has 0 spiro atoms. The number of allylic oxidation sites excluding steroid dienone is 2. The number of hydrogen-bond donors (Lipinski definition) is 0. The number of ether oxygens (including phenoxy) is 2. The highest BCUT2D eigenvalue weighted by Gasteiger charge is 2.88. The highest BCUT2D eigenvalue weighted by molar-refractivity contribution is 6.67. The van der Waals surface area contributed by atoms with Crippen molar-refractivity contribution in [3.8, 4) is 11.5 Å². The molecule has 1 saturated heterocycles. The number of alkyl halides is 4. The number of methoxy groups -OCH3 is 1. The molecule has 17 heteroatoms. The number of fused-ring (bicyclic) bond motifs is 5. The molecule has 3 aromatic carbocycles. The lowest BCUT2D eigenvalue weighted by molar-refractivity contribution is -0.154. The van der Waals surface area contributed by atoms with Crippen molar-refractivity contribution in [1.29, 1.82) is 0 Å². The minimum Gasteiger partial charge on any atom is -0.497 e. The molecule has 0 N–H and O–H groups in total. The lowest BCUT2D eigenvalue weighted by Crippen LogP contribution is -2.56. The summed E-state index contributed by atoms with van der Waals surface area (Å²) < 4.78 is 8.32. The average molecular weight is 826 g/mol. The molecule has 0 radical (unpaired) electrons. The van der Waals surface area contributed by atoms with E-state index in [9.17, 15) is 24.0 Å². The standard InChI is InChI=1S/C32H18Cl8N2O7/c1-48-18-4-2-3-16(11-18)29(47)49-17-8-5-14(6-9-17)21(43)13-41(26(44)15-7-10-19(33)20(34)12-15)42-27(45)22-23(28(42)46)31(38)25(36)24(35)30(22,37)32(31,39)40/h2-12,22-23H,13H2,1H3/t22-,23-,30-,31-/m1/s1. The zero-order chi connectivity index (χ0) is 35.8. The fourth-order valence-corrected chi connectivity index (χ4v) is 9.31. The monoisotopic (exact) mass is 822 g/mol. The van der Waals surface area contributed by atoms with Gasteiger partial charge < -0.3 is 9.47 Å². The lowest BCUT2D eigenvalue weighted by Gasteiger charge is -2.36. The molecule has 2 fully saturated rings. The zero-order valence-corrected chi connectivity index (χ0v) is 30.5. The van der Waals surface area contributed by atoms with Crippen LogP contribution in [0.3, 0.4) is 0 Å². The van der Waals surface area contributed by atoms with Crippen molar-refractivity contribution in [2.24, 2.45) is 11.8 Å². The number of imide groups is 1. The zero-order valence-electron chi connectivity index (χ0n) is 24.5. The number of rotatable bonds is 8. The topological polar surface area (TPSA) is 110 Å². The summed E-state index contributed by atoms with van der Waals surface area (Å²) in [6, 6.07) is 15.5. The first-order valence-electron chi connectivity index (χ1n) is 14.0. The average Bonchev–Trinajstić information content (AvgIpc) is 3.47. The van der Waals surface area contributed by atoms with Crippen molar-refractivity contribution in [2.75, 3.05) is 13.7 Å². The molecule has 0 aromatic heterocycles. The summed E-state index contributed by atoms with van der Waals surface area (Å²) in [5.74, 6) is -7.07. The normalized spacial score (nSPS) is 25.0. The Hall–Kier alpha value is -2.73.